The van der Waals surface area contributed by atoms with Gasteiger partial charge in [-0.3, -0.25) is 4.79 Å². The third kappa shape index (κ3) is 3.73. The molecule has 1 rings (SSSR count). The van der Waals surface area contributed by atoms with Gasteiger partial charge in [-0.2, -0.15) is 9.65 Å². The molecule has 0 unspecified atom stereocenters. The number of nitriles is 1. The highest BCUT2D eigenvalue weighted by molar-refractivity contribution is 5.93. The molecule has 78 valence electrons. The summed E-state index contributed by atoms with van der Waals surface area (Å²) in [5.41, 5.74) is 0.236. The number of nitrogens with one attached hydrogen (secondary N) is 1. The third-order valence-corrected chi connectivity index (χ3v) is 1.74. The first kappa shape index (κ1) is 11.1. The molecule has 0 aliphatic rings. The fourth-order valence-corrected chi connectivity index (χ4v) is 1.02. The number of halogens is 1. The first-order valence-corrected chi connectivity index (χ1v) is 4.50. The second kappa shape index (κ2) is 5.70. The Morgan fingerprint density at radius 3 is 3.13 bits per heavy atom. The monoisotopic (exact) mass is 207 g/mol. The average molecular weight is 207 g/mol. The van der Waals surface area contributed by atoms with Gasteiger partial charge in [-0.1, -0.05) is 0 Å². The zero-order chi connectivity index (χ0) is 11.1. The van der Waals surface area contributed by atoms with E-state index in [0.29, 0.717) is 19.4 Å². The molecule has 1 N–H and O–H groups in total. The lowest BCUT2D eigenvalue weighted by atomic mass is 10.2. The van der Waals surface area contributed by atoms with Crippen molar-refractivity contribution < 1.29 is 9.18 Å². The number of rotatable bonds is 4. The van der Waals surface area contributed by atoms with Crippen LogP contribution in [0.3, 0.4) is 0 Å². The summed E-state index contributed by atoms with van der Waals surface area (Å²) in [6, 6.07) is 4.47. The average Bonchev–Trinajstić information content (AvgIpc) is 2.24. The van der Waals surface area contributed by atoms with Crippen LogP contribution in [-0.2, 0) is 0 Å². The maximum Gasteiger partial charge on any atom is 0.251 e. The van der Waals surface area contributed by atoms with Crippen molar-refractivity contribution in [1.29, 1.82) is 5.26 Å². The fourth-order valence-electron chi connectivity index (χ4n) is 1.02. The number of nitrogens with zero attached hydrogens (tertiary/aromatic N) is 2. The van der Waals surface area contributed by atoms with Crippen molar-refractivity contribution in [2.24, 2.45) is 0 Å². The van der Waals surface area contributed by atoms with Gasteiger partial charge >= 0.3 is 0 Å². The normalized spacial score (nSPS) is 9.33. The summed E-state index contributed by atoms with van der Waals surface area (Å²) in [5, 5.41) is 10.8. The molecule has 0 saturated carbocycles. The van der Waals surface area contributed by atoms with Crippen molar-refractivity contribution in [1.82, 2.24) is 10.3 Å². The van der Waals surface area contributed by atoms with Crippen LogP contribution >= 0.6 is 0 Å². The van der Waals surface area contributed by atoms with Crippen LogP contribution in [0, 0.1) is 17.3 Å². The number of hydrogen-bond donors (Lipinski definition) is 1. The number of aromatic nitrogens is 1. The predicted octanol–water partition coefficient (Wildman–Crippen LogP) is 1.25. The highest BCUT2D eigenvalue weighted by Crippen LogP contribution is 2.00. The second-order valence-electron chi connectivity index (χ2n) is 2.88. The molecule has 1 aromatic heterocycles. The molecule has 5 heteroatoms. The molecule has 1 aromatic rings. The molecule has 0 saturated heterocycles. The van der Waals surface area contributed by atoms with Crippen LogP contribution in [0.15, 0.2) is 18.3 Å². The first-order chi connectivity index (χ1) is 7.24. The zero-order valence-electron chi connectivity index (χ0n) is 8.03. The summed E-state index contributed by atoms with van der Waals surface area (Å²) in [5.74, 6) is -1.03. The van der Waals surface area contributed by atoms with E-state index >= 15 is 0 Å². The van der Waals surface area contributed by atoms with Gasteiger partial charge in [0.25, 0.3) is 5.91 Å². The molecule has 0 fully saturated rings. The lowest BCUT2D eigenvalue weighted by molar-refractivity contribution is 0.0952. The van der Waals surface area contributed by atoms with Crippen LogP contribution in [0.4, 0.5) is 4.39 Å². The van der Waals surface area contributed by atoms with Crippen molar-refractivity contribution in [3.05, 3.63) is 29.8 Å². The Morgan fingerprint density at radius 1 is 1.67 bits per heavy atom. The van der Waals surface area contributed by atoms with E-state index in [1.165, 1.54) is 12.3 Å². The molecule has 1 heterocycles. The molecular formula is C10H10FN3O. The lowest BCUT2D eigenvalue weighted by Crippen LogP contribution is -2.24. The summed E-state index contributed by atoms with van der Waals surface area (Å²) >= 11 is 0. The molecule has 1 amide bonds. The van der Waals surface area contributed by atoms with Gasteiger partial charge in [0.1, 0.15) is 0 Å². The van der Waals surface area contributed by atoms with Gasteiger partial charge in [-0.25, -0.2) is 4.98 Å². The minimum atomic E-state index is -0.681. The number of carbonyl (C=O) groups excluding carboxylic acids is 1. The number of amides is 1. The van der Waals surface area contributed by atoms with E-state index in [1.54, 1.807) is 0 Å². The minimum absolute atomic E-state index is 0.236. The topological polar surface area (TPSA) is 65.8 Å². The maximum atomic E-state index is 12.6. The van der Waals surface area contributed by atoms with Gasteiger partial charge in [-0.05, 0) is 12.5 Å². The van der Waals surface area contributed by atoms with E-state index in [2.05, 4.69) is 10.3 Å². The Morgan fingerprint density at radius 2 is 2.47 bits per heavy atom. The fraction of sp³-hybridized carbons (Fsp3) is 0.300. The summed E-state index contributed by atoms with van der Waals surface area (Å²) in [6.07, 6.45) is 2.22. The van der Waals surface area contributed by atoms with Crippen molar-refractivity contribution in [3.8, 4) is 6.07 Å². The molecule has 0 radical (unpaired) electrons. The quantitative estimate of drug-likeness (QED) is 0.597. The van der Waals surface area contributed by atoms with Gasteiger partial charge in [0, 0.05) is 30.8 Å². The molecule has 15 heavy (non-hydrogen) atoms. The number of carbonyl (C=O) groups is 1. The van der Waals surface area contributed by atoms with Gasteiger partial charge in [0.15, 0.2) is 0 Å². The Kier molecular flexibility index (Phi) is 4.23. The van der Waals surface area contributed by atoms with Crippen molar-refractivity contribution >= 4 is 5.91 Å². The minimum Gasteiger partial charge on any atom is -0.352 e. The Balaban J connectivity index is 2.44. The Labute approximate surface area is 86.7 Å². The van der Waals surface area contributed by atoms with Crippen molar-refractivity contribution in [2.45, 2.75) is 12.8 Å². The van der Waals surface area contributed by atoms with Crippen LogP contribution in [-0.4, -0.2) is 17.4 Å². The molecule has 0 atom stereocenters. The summed E-state index contributed by atoms with van der Waals surface area (Å²) < 4.78 is 12.6. The highest BCUT2D eigenvalue weighted by Gasteiger charge is 2.05. The van der Waals surface area contributed by atoms with E-state index in [-0.39, 0.29) is 11.5 Å². The Hall–Kier alpha value is -1.96. The molecular weight excluding hydrogens is 197 g/mol. The van der Waals surface area contributed by atoms with E-state index < -0.39 is 5.95 Å². The van der Waals surface area contributed by atoms with Crippen molar-refractivity contribution in [3.63, 3.8) is 0 Å². The molecule has 4 nitrogen and oxygen atoms in total. The van der Waals surface area contributed by atoms with E-state index in [4.69, 9.17) is 5.26 Å². The Bertz CT molecular complexity index is 386. The maximum absolute atomic E-state index is 12.6. The van der Waals surface area contributed by atoms with Gasteiger partial charge in [0.2, 0.25) is 5.95 Å². The lowest BCUT2D eigenvalue weighted by Gasteiger charge is -2.02. The molecule has 0 aliphatic heterocycles. The van der Waals surface area contributed by atoms with E-state index in [0.717, 1.165) is 6.07 Å². The molecule has 0 bridgehead atoms. The zero-order valence-corrected chi connectivity index (χ0v) is 8.03. The van der Waals surface area contributed by atoms with Gasteiger partial charge < -0.3 is 5.32 Å². The smallest absolute Gasteiger partial charge is 0.251 e. The first-order valence-electron chi connectivity index (χ1n) is 4.50. The van der Waals surface area contributed by atoms with Crippen LogP contribution in [0.25, 0.3) is 0 Å². The predicted molar refractivity (Wildman–Crippen MR) is 51.4 cm³/mol. The molecule has 0 aliphatic carbocycles. The van der Waals surface area contributed by atoms with E-state index in [1.807, 2.05) is 6.07 Å². The highest BCUT2D eigenvalue weighted by atomic mass is 19.1. The van der Waals surface area contributed by atoms with E-state index in [9.17, 15) is 9.18 Å². The third-order valence-electron chi connectivity index (χ3n) is 1.74. The molecule has 0 spiro atoms. The standard InChI is InChI=1S/C10H10FN3O/c11-9-7-8(3-6-13-9)10(15)14-5-2-1-4-12/h3,6-7H,1-2,5H2,(H,14,15). The van der Waals surface area contributed by atoms with Gasteiger partial charge in [0.05, 0.1) is 6.07 Å². The van der Waals surface area contributed by atoms with Crippen LogP contribution in [0.5, 0.6) is 0 Å². The van der Waals surface area contributed by atoms with Crippen LogP contribution in [0.1, 0.15) is 23.2 Å². The summed E-state index contributed by atoms with van der Waals surface area (Å²) in [7, 11) is 0. The SMILES string of the molecule is N#CCCCNC(=O)c1ccnc(F)c1. The number of hydrogen-bond acceptors (Lipinski definition) is 3. The summed E-state index contributed by atoms with van der Waals surface area (Å²) in [6.45, 7) is 0.413. The number of unbranched alkanes of at least 4 members (excludes halogenated alkanes) is 1. The van der Waals surface area contributed by atoms with Crippen LogP contribution < -0.4 is 5.32 Å². The second-order valence-corrected chi connectivity index (χ2v) is 2.88. The van der Waals surface area contributed by atoms with Crippen LogP contribution in [0.2, 0.25) is 0 Å². The number of pyridine rings is 1. The largest absolute Gasteiger partial charge is 0.352 e. The summed E-state index contributed by atoms with van der Waals surface area (Å²) in [4.78, 5) is 14.7. The molecule has 0 aromatic carbocycles. The van der Waals surface area contributed by atoms with Gasteiger partial charge in [-0.15, -0.1) is 0 Å². The van der Waals surface area contributed by atoms with Crippen molar-refractivity contribution in [2.75, 3.05) is 6.54 Å².